The molecule has 6 nitrogen and oxygen atoms in total. The third-order valence-corrected chi connectivity index (χ3v) is 5.70. The van der Waals surface area contributed by atoms with Crippen molar-refractivity contribution in [2.24, 2.45) is 0 Å². The van der Waals surface area contributed by atoms with E-state index in [1.165, 1.54) is 6.07 Å². The number of nitrogens with zero attached hydrogens (tertiary/aromatic N) is 4. The Bertz CT molecular complexity index is 1260. The van der Waals surface area contributed by atoms with Gasteiger partial charge in [0.15, 0.2) is 17.3 Å². The lowest BCUT2D eigenvalue weighted by molar-refractivity contribution is 0.0948. The molecule has 1 N–H and O–H groups in total. The van der Waals surface area contributed by atoms with Crippen LogP contribution in [0.15, 0.2) is 60.9 Å². The first kappa shape index (κ1) is 20.1. The topological polar surface area (TPSA) is 64.7 Å². The maximum absolute atomic E-state index is 13.7. The fourth-order valence-corrected chi connectivity index (χ4v) is 4.09. The largest absolute Gasteiger partial charge is 0.350 e. The first-order chi connectivity index (χ1) is 15.6. The number of carbonyl (C=O) groups excluding carboxylic acids is 1. The Labute approximate surface area is 183 Å². The number of rotatable bonds is 6. The summed E-state index contributed by atoms with van der Waals surface area (Å²) >= 11 is 0. The molecule has 4 aromatic rings. The maximum Gasteiger partial charge on any atom is 0.272 e. The van der Waals surface area contributed by atoms with Crippen LogP contribution in [0.25, 0.3) is 11.4 Å². The van der Waals surface area contributed by atoms with Crippen LogP contribution >= 0.6 is 0 Å². The minimum Gasteiger partial charge on any atom is -0.350 e. The van der Waals surface area contributed by atoms with Crippen LogP contribution in [0.4, 0.5) is 8.78 Å². The van der Waals surface area contributed by atoms with E-state index in [9.17, 15) is 13.6 Å². The average Bonchev–Trinajstić information content (AvgIpc) is 3.54. The van der Waals surface area contributed by atoms with Crippen LogP contribution in [0, 0.1) is 11.6 Å². The molecule has 0 unspecified atom stereocenters. The predicted octanol–water partition coefficient (Wildman–Crippen LogP) is 3.80. The van der Waals surface area contributed by atoms with Crippen LogP contribution in [0.2, 0.25) is 0 Å². The van der Waals surface area contributed by atoms with Crippen molar-refractivity contribution in [1.82, 2.24) is 24.9 Å². The molecule has 0 fully saturated rings. The summed E-state index contributed by atoms with van der Waals surface area (Å²) in [7, 11) is 0. The summed E-state index contributed by atoms with van der Waals surface area (Å²) in [4.78, 5) is 12.8. The van der Waals surface area contributed by atoms with Gasteiger partial charge in [0.2, 0.25) is 0 Å². The third kappa shape index (κ3) is 3.79. The van der Waals surface area contributed by atoms with Gasteiger partial charge in [-0.25, -0.2) is 18.1 Å². The van der Waals surface area contributed by atoms with Gasteiger partial charge in [-0.3, -0.25) is 4.79 Å². The van der Waals surface area contributed by atoms with E-state index in [-0.39, 0.29) is 5.91 Å². The second-order valence-electron chi connectivity index (χ2n) is 7.76. The number of aromatic nitrogens is 4. The Kier molecular flexibility index (Phi) is 5.26. The van der Waals surface area contributed by atoms with Gasteiger partial charge < -0.3 is 5.32 Å². The van der Waals surface area contributed by atoms with Gasteiger partial charge in [0, 0.05) is 36.3 Å². The van der Waals surface area contributed by atoms with Crippen LogP contribution < -0.4 is 5.32 Å². The van der Waals surface area contributed by atoms with Gasteiger partial charge in [0.25, 0.3) is 5.91 Å². The summed E-state index contributed by atoms with van der Waals surface area (Å²) in [6, 6.07) is 13.5. The molecule has 0 saturated carbocycles. The molecule has 0 atom stereocenters. The van der Waals surface area contributed by atoms with Gasteiger partial charge in [0.05, 0.1) is 11.4 Å². The van der Waals surface area contributed by atoms with Crippen molar-refractivity contribution in [2.45, 2.75) is 25.7 Å². The lowest BCUT2D eigenvalue weighted by atomic mass is 10.1. The van der Waals surface area contributed by atoms with E-state index < -0.39 is 11.6 Å². The summed E-state index contributed by atoms with van der Waals surface area (Å²) in [6.07, 6.45) is 6.69. The molecule has 1 amide bonds. The van der Waals surface area contributed by atoms with Gasteiger partial charge in [-0.15, -0.1) is 0 Å². The van der Waals surface area contributed by atoms with Crippen LogP contribution in [-0.4, -0.2) is 32.0 Å². The van der Waals surface area contributed by atoms with Crippen molar-refractivity contribution in [3.05, 3.63) is 95.1 Å². The van der Waals surface area contributed by atoms with E-state index in [2.05, 4.69) is 15.5 Å². The van der Waals surface area contributed by atoms with Crippen LogP contribution in [-0.2, 0) is 19.3 Å². The molecule has 2 heterocycles. The standard InChI is InChI=1S/C24H21F2N5O/c25-20-10-9-18(15-21(20)26)31-22-4-1-3-19(22)23(29-31)24(32)27-13-11-16-5-7-17(8-6-16)30-14-2-12-28-30/h2,5-10,12,14-15H,1,3-4,11,13H2,(H,27,32). The zero-order chi connectivity index (χ0) is 22.1. The quantitative estimate of drug-likeness (QED) is 0.503. The monoisotopic (exact) mass is 433 g/mol. The van der Waals surface area contributed by atoms with Crippen molar-refractivity contribution in [2.75, 3.05) is 6.54 Å². The summed E-state index contributed by atoms with van der Waals surface area (Å²) < 4.78 is 30.4. The molecule has 0 aliphatic heterocycles. The zero-order valence-electron chi connectivity index (χ0n) is 17.3. The molecule has 1 aliphatic rings. The predicted molar refractivity (Wildman–Crippen MR) is 115 cm³/mol. The highest BCUT2D eigenvalue weighted by atomic mass is 19.2. The number of nitrogens with one attached hydrogen (secondary N) is 1. The number of benzene rings is 2. The summed E-state index contributed by atoms with van der Waals surface area (Å²) in [5, 5.41) is 11.6. The second-order valence-corrected chi connectivity index (χ2v) is 7.76. The fourth-order valence-electron chi connectivity index (χ4n) is 4.09. The minimum absolute atomic E-state index is 0.252. The Morgan fingerprint density at radius 1 is 1.03 bits per heavy atom. The van der Waals surface area contributed by atoms with Crippen molar-refractivity contribution in [1.29, 1.82) is 0 Å². The van der Waals surface area contributed by atoms with Gasteiger partial charge in [-0.05, 0) is 61.6 Å². The molecule has 0 saturated heterocycles. The minimum atomic E-state index is -0.936. The normalized spacial score (nSPS) is 12.7. The van der Waals surface area contributed by atoms with Gasteiger partial charge in [0.1, 0.15) is 0 Å². The van der Waals surface area contributed by atoms with Crippen LogP contribution in [0.3, 0.4) is 0 Å². The number of fused-ring (bicyclic) bond motifs is 1. The van der Waals surface area contributed by atoms with E-state index >= 15 is 0 Å². The fraction of sp³-hybridized carbons (Fsp3) is 0.208. The number of carbonyl (C=O) groups is 1. The molecule has 0 radical (unpaired) electrons. The van der Waals surface area contributed by atoms with Crippen molar-refractivity contribution in [3.63, 3.8) is 0 Å². The van der Waals surface area contributed by atoms with Gasteiger partial charge >= 0.3 is 0 Å². The van der Waals surface area contributed by atoms with E-state index in [4.69, 9.17) is 0 Å². The Balaban J connectivity index is 1.27. The molecule has 0 bridgehead atoms. The summed E-state index contributed by atoms with van der Waals surface area (Å²) in [5.74, 6) is -2.10. The van der Waals surface area contributed by atoms with Gasteiger partial charge in [-0.2, -0.15) is 10.2 Å². The van der Waals surface area contributed by atoms with E-state index in [1.807, 2.05) is 36.5 Å². The van der Waals surface area contributed by atoms with Crippen molar-refractivity contribution in [3.8, 4) is 11.4 Å². The Morgan fingerprint density at radius 3 is 2.59 bits per heavy atom. The van der Waals surface area contributed by atoms with Crippen LogP contribution in [0.1, 0.15) is 33.7 Å². The third-order valence-electron chi connectivity index (χ3n) is 5.70. The molecule has 162 valence electrons. The summed E-state index contributed by atoms with van der Waals surface area (Å²) in [5.41, 5.74) is 4.61. The van der Waals surface area contributed by atoms with E-state index in [0.717, 1.165) is 53.9 Å². The molecule has 2 aromatic heterocycles. The second kappa shape index (κ2) is 8.37. The molecule has 5 rings (SSSR count). The Morgan fingerprint density at radius 2 is 1.84 bits per heavy atom. The molecule has 1 aliphatic carbocycles. The smallest absolute Gasteiger partial charge is 0.272 e. The van der Waals surface area contributed by atoms with Crippen LogP contribution in [0.5, 0.6) is 0 Å². The molecular weight excluding hydrogens is 412 g/mol. The highest BCUT2D eigenvalue weighted by Crippen LogP contribution is 2.28. The number of hydrogen-bond acceptors (Lipinski definition) is 3. The Hall–Kier alpha value is -3.81. The molecule has 2 aromatic carbocycles. The van der Waals surface area contributed by atoms with Crippen molar-refractivity contribution < 1.29 is 13.6 Å². The SMILES string of the molecule is O=C(NCCc1ccc(-n2cccn2)cc1)c1nn(-c2ccc(F)c(F)c2)c2c1CCC2. The first-order valence-electron chi connectivity index (χ1n) is 10.5. The average molecular weight is 433 g/mol. The number of amides is 1. The number of hydrogen-bond donors (Lipinski definition) is 1. The van der Waals surface area contributed by atoms with Gasteiger partial charge in [-0.1, -0.05) is 12.1 Å². The first-order valence-corrected chi connectivity index (χ1v) is 10.5. The molecule has 0 spiro atoms. The molecule has 8 heteroatoms. The highest BCUT2D eigenvalue weighted by Gasteiger charge is 2.27. The van der Waals surface area contributed by atoms with E-state index in [1.54, 1.807) is 15.6 Å². The molecular formula is C24H21F2N5O. The highest BCUT2D eigenvalue weighted by molar-refractivity contribution is 5.94. The lowest BCUT2D eigenvalue weighted by Crippen LogP contribution is -2.27. The lowest BCUT2D eigenvalue weighted by Gasteiger charge is -2.07. The zero-order valence-corrected chi connectivity index (χ0v) is 17.3. The maximum atomic E-state index is 13.7. The van der Waals surface area contributed by atoms with Crippen molar-refractivity contribution >= 4 is 5.91 Å². The summed E-state index contributed by atoms with van der Waals surface area (Å²) in [6.45, 7) is 0.465. The molecule has 32 heavy (non-hydrogen) atoms. The van der Waals surface area contributed by atoms with E-state index in [0.29, 0.717) is 24.3 Å². The number of halogens is 2.